The minimum absolute atomic E-state index is 0.00516. The molecule has 0 saturated heterocycles. The van der Waals surface area contributed by atoms with Crippen LogP contribution >= 0.6 is 11.8 Å². The standard InChI is InChI=1S/C25H22N2O4S2/c1-2-17-8-14-22(15-23(17)25(28)29)33(30,31)27-19-10-12-21(13-11-19)32-16-20-9-7-18-5-3-4-6-24(18)26-20/h3-15,27H,2,16H2,1H3,(H,28,29). The Morgan fingerprint density at radius 2 is 1.76 bits per heavy atom. The summed E-state index contributed by atoms with van der Waals surface area (Å²) in [7, 11) is -3.91. The third-order valence-corrected chi connectivity index (χ3v) is 7.58. The summed E-state index contributed by atoms with van der Waals surface area (Å²) in [5.41, 5.74) is 2.91. The topological polar surface area (TPSA) is 96.4 Å². The highest BCUT2D eigenvalue weighted by atomic mass is 32.2. The fourth-order valence-corrected chi connectivity index (χ4v) is 5.30. The van der Waals surface area contributed by atoms with Crippen LogP contribution in [0, 0.1) is 0 Å². The summed E-state index contributed by atoms with van der Waals surface area (Å²) in [5.74, 6) is -0.455. The van der Waals surface area contributed by atoms with Crippen LogP contribution in [0.15, 0.2) is 88.7 Å². The first kappa shape index (κ1) is 22.8. The highest BCUT2D eigenvalue weighted by Gasteiger charge is 2.18. The van der Waals surface area contributed by atoms with E-state index in [2.05, 4.69) is 15.8 Å². The number of aromatic nitrogens is 1. The minimum atomic E-state index is -3.91. The molecular weight excluding hydrogens is 456 g/mol. The number of nitrogens with zero attached hydrogens (tertiary/aromatic N) is 1. The van der Waals surface area contributed by atoms with Gasteiger partial charge in [-0.05, 0) is 60.5 Å². The number of hydrogen-bond donors (Lipinski definition) is 2. The lowest BCUT2D eigenvalue weighted by Gasteiger charge is -2.11. The van der Waals surface area contributed by atoms with Crippen LogP contribution in [0.2, 0.25) is 0 Å². The number of carbonyl (C=O) groups is 1. The lowest BCUT2D eigenvalue weighted by Crippen LogP contribution is -2.14. The molecule has 0 fully saturated rings. The largest absolute Gasteiger partial charge is 0.478 e. The van der Waals surface area contributed by atoms with Gasteiger partial charge in [-0.2, -0.15) is 0 Å². The van der Waals surface area contributed by atoms with E-state index in [0.29, 0.717) is 23.4 Å². The fourth-order valence-electron chi connectivity index (χ4n) is 3.41. The van der Waals surface area contributed by atoms with Crippen molar-refractivity contribution in [3.63, 3.8) is 0 Å². The maximum absolute atomic E-state index is 12.8. The molecular formula is C25H22N2O4S2. The van der Waals surface area contributed by atoms with E-state index in [-0.39, 0.29) is 10.5 Å². The van der Waals surface area contributed by atoms with Gasteiger partial charge >= 0.3 is 5.97 Å². The summed E-state index contributed by atoms with van der Waals surface area (Å²) in [6.07, 6.45) is 0.503. The maximum atomic E-state index is 12.8. The molecule has 0 atom stereocenters. The SMILES string of the molecule is CCc1ccc(S(=O)(=O)Nc2ccc(SCc3ccc4ccccc4n3)cc2)cc1C(=O)O. The van der Waals surface area contributed by atoms with Crippen LogP contribution in [0.3, 0.4) is 0 Å². The van der Waals surface area contributed by atoms with Crippen molar-refractivity contribution >= 4 is 44.3 Å². The number of rotatable bonds is 8. The van der Waals surface area contributed by atoms with E-state index in [0.717, 1.165) is 21.5 Å². The van der Waals surface area contributed by atoms with Crippen LogP contribution in [0.4, 0.5) is 5.69 Å². The number of sulfonamides is 1. The summed E-state index contributed by atoms with van der Waals surface area (Å²) >= 11 is 1.61. The van der Waals surface area contributed by atoms with Crippen molar-refractivity contribution in [2.45, 2.75) is 28.9 Å². The Kier molecular flexibility index (Phi) is 6.67. The summed E-state index contributed by atoms with van der Waals surface area (Å²) in [6.45, 7) is 1.82. The highest BCUT2D eigenvalue weighted by Crippen LogP contribution is 2.26. The number of fused-ring (bicyclic) bond motifs is 1. The number of thioether (sulfide) groups is 1. The summed E-state index contributed by atoms with van der Waals surface area (Å²) < 4.78 is 28.0. The molecule has 6 nitrogen and oxygen atoms in total. The second-order valence-electron chi connectivity index (χ2n) is 7.39. The summed E-state index contributed by atoms with van der Waals surface area (Å²) in [4.78, 5) is 17.0. The highest BCUT2D eigenvalue weighted by molar-refractivity contribution is 7.98. The average molecular weight is 479 g/mol. The normalized spacial score (nSPS) is 11.4. The van der Waals surface area contributed by atoms with Crippen LogP contribution < -0.4 is 4.72 Å². The number of aromatic carboxylic acids is 1. The Bertz CT molecular complexity index is 1420. The van der Waals surface area contributed by atoms with E-state index in [1.165, 1.54) is 12.1 Å². The first-order valence-corrected chi connectivity index (χ1v) is 12.8. The van der Waals surface area contributed by atoms with Crippen molar-refractivity contribution in [1.29, 1.82) is 0 Å². The molecule has 1 heterocycles. The molecule has 0 radical (unpaired) electrons. The Morgan fingerprint density at radius 1 is 1.00 bits per heavy atom. The molecule has 0 spiro atoms. The monoisotopic (exact) mass is 478 g/mol. The minimum Gasteiger partial charge on any atom is -0.478 e. The molecule has 33 heavy (non-hydrogen) atoms. The average Bonchev–Trinajstić information content (AvgIpc) is 2.82. The van der Waals surface area contributed by atoms with Crippen molar-refractivity contribution in [3.05, 3.63) is 95.7 Å². The lowest BCUT2D eigenvalue weighted by atomic mass is 10.1. The van der Waals surface area contributed by atoms with Crippen LogP contribution in [-0.2, 0) is 22.2 Å². The number of anilines is 1. The molecule has 0 saturated carbocycles. The number of nitrogens with one attached hydrogen (secondary N) is 1. The van der Waals surface area contributed by atoms with Crippen molar-refractivity contribution < 1.29 is 18.3 Å². The van der Waals surface area contributed by atoms with Gasteiger partial charge < -0.3 is 5.11 Å². The molecule has 0 aliphatic carbocycles. The third-order valence-electron chi connectivity index (χ3n) is 5.15. The first-order valence-electron chi connectivity index (χ1n) is 10.3. The second-order valence-corrected chi connectivity index (χ2v) is 10.1. The first-order chi connectivity index (χ1) is 15.9. The molecule has 168 valence electrons. The zero-order chi connectivity index (χ0) is 23.4. The van der Waals surface area contributed by atoms with E-state index < -0.39 is 16.0 Å². The summed E-state index contributed by atoms with van der Waals surface area (Å²) in [5, 5.41) is 10.5. The molecule has 0 aliphatic heterocycles. The van der Waals surface area contributed by atoms with Gasteiger partial charge in [0.2, 0.25) is 0 Å². The van der Waals surface area contributed by atoms with Crippen LogP contribution in [-0.4, -0.2) is 24.5 Å². The molecule has 8 heteroatoms. The molecule has 1 aromatic heterocycles. The lowest BCUT2D eigenvalue weighted by molar-refractivity contribution is 0.0695. The predicted molar refractivity (Wildman–Crippen MR) is 131 cm³/mol. The van der Waals surface area contributed by atoms with Crippen LogP contribution in [0.5, 0.6) is 0 Å². The van der Waals surface area contributed by atoms with E-state index >= 15 is 0 Å². The van der Waals surface area contributed by atoms with Gasteiger partial charge in [0, 0.05) is 21.7 Å². The van der Waals surface area contributed by atoms with E-state index in [1.807, 2.05) is 49.4 Å². The summed E-state index contributed by atoms with van der Waals surface area (Å²) in [6, 6.07) is 23.2. The molecule has 0 bridgehead atoms. The number of pyridine rings is 1. The molecule has 0 unspecified atom stereocenters. The fraction of sp³-hybridized carbons (Fsp3) is 0.120. The number of hydrogen-bond acceptors (Lipinski definition) is 5. The van der Waals surface area contributed by atoms with Crippen molar-refractivity contribution in [2.24, 2.45) is 0 Å². The number of carboxylic acids is 1. The second kappa shape index (κ2) is 9.64. The van der Waals surface area contributed by atoms with Gasteiger partial charge in [-0.3, -0.25) is 9.71 Å². The number of aryl methyl sites for hydroxylation is 1. The number of carboxylic acid groups (broad SMARTS) is 1. The third kappa shape index (κ3) is 5.35. The quantitative estimate of drug-likeness (QED) is 0.321. The Hall–Kier alpha value is -3.36. The zero-order valence-electron chi connectivity index (χ0n) is 17.9. The Labute approximate surface area is 196 Å². The van der Waals surface area contributed by atoms with Gasteiger partial charge in [0.15, 0.2) is 0 Å². The molecule has 3 aromatic carbocycles. The van der Waals surface area contributed by atoms with Crippen LogP contribution in [0.1, 0.15) is 28.5 Å². The molecule has 0 aliphatic rings. The van der Waals surface area contributed by atoms with Gasteiger partial charge in [0.1, 0.15) is 0 Å². The van der Waals surface area contributed by atoms with Gasteiger partial charge in [0.25, 0.3) is 10.0 Å². The Morgan fingerprint density at radius 3 is 2.48 bits per heavy atom. The van der Waals surface area contributed by atoms with E-state index in [9.17, 15) is 18.3 Å². The smallest absolute Gasteiger partial charge is 0.336 e. The zero-order valence-corrected chi connectivity index (χ0v) is 19.5. The number of para-hydroxylation sites is 1. The van der Waals surface area contributed by atoms with Crippen molar-refractivity contribution in [3.8, 4) is 0 Å². The predicted octanol–water partition coefficient (Wildman–Crippen LogP) is 5.59. The van der Waals surface area contributed by atoms with E-state index in [1.54, 1.807) is 30.0 Å². The number of benzene rings is 3. The molecule has 4 rings (SSSR count). The molecule has 4 aromatic rings. The van der Waals surface area contributed by atoms with Gasteiger partial charge in [-0.1, -0.05) is 37.3 Å². The van der Waals surface area contributed by atoms with Crippen molar-refractivity contribution in [2.75, 3.05) is 4.72 Å². The maximum Gasteiger partial charge on any atom is 0.336 e. The van der Waals surface area contributed by atoms with Crippen molar-refractivity contribution in [1.82, 2.24) is 4.98 Å². The van der Waals surface area contributed by atoms with E-state index in [4.69, 9.17) is 0 Å². The van der Waals surface area contributed by atoms with Gasteiger partial charge in [0.05, 0.1) is 21.7 Å². The van der Waals surface area contributed by atoms with Crippen LogP contribution in [0.25, 0.3) is 10.9 Å². The van der Waals surface area contributed by atoms with Gasteiger partial charge in [-0.25, -0.2) is 13.2 Å². The Balaban J connectivity index is 1.44. The molecule has 2 N–H and O–H groups in total. The molecule has 0 amide bonds. The van der Waals surface area contributed by atoms with Gasteiger partial charge in [-0.15, -0.1) is 11.8 Å².